The molecule has 0 atom stereocenters. The second-order valence-electron chi connectivity index (χ2n) is 3.09. The van der Waals surface area contributed by atoms with Crippen LogP contribution in [0, 0.1) is 15.9 Å². The molecule has 94 valence electrons. The van der Waals surface area contributed by atoms with Crippen LogP contribution in [0.2, 0.25) is 0 Å². The first-order valence-corrected chi connectivity index (χ1v) is 5.00. The van der Waals surface area contributed by atoms with Crippen molar-refractivity contribution in [3.05, 3.63) is 34.1 Å². The van der Waals surface area contributed by atoms with Crippen LogP contribution >= 0.6 is 0 Å². The van der Waals surface area contributed by atoms with Crippen LogP contribution in [0.5, 0.6) is 5.75 Å². The van der Waals surface area contributed by atoms with Crippen LogP contribution in [0.4, 0.5) is 10.1 Å². The topological polar surface area (TPSA) is 87.6 Å². The van der Waals surface area contributed by atoms with Gasteiger partial charge in [-0.2, -0.15) is 0 Å². The third-order valence-electron chi connectivity index (χ3n) is 1.88. The van der Waals surface area contributed by atoms with E-state index in [4.69, 9.17) is 15.2 Å². The van der Waals surface area contributed by atoms with Crippen LogP contribution in [0.15, 0.2) is 18.2 Å². The fraction of sp³-hybridized carbons (Fsp3) is 0.400. The highest BCUT2D eigenvalue weighted by Crippen LogP contribution is 2.29. The maximum absolute atomic E-state index is 13.3. The van der Waals surface area contributed by atoms with Crippen LogP contribution in [-0.2, 0) is 4.74 Å². The lowest BCUT2D eigenvalue weighted by molar-refractivity contribution is -0.386. The molecule has 0 aliphatic rings. The minimum absolute atomic E-state index is 0.0295. The Hall–Kier alpha value is -1.73. The van der Waals surface area contributed by atoms with E-state index in [1.54, 1.807) is 0 Å². The van der Waals surface area contributed by atoms with Gasteiger partial charge in [0.2, 0.25) is 5.75 Å². The van der Waals surface area contributed by atoms with E-state index in [0.717, 1.165) is 6.07 Å². The van der Waals surface area contributed by atoms with Crippen molar-refractivity contribution in [2.24, 2.45) is 5.73 Å². The standard InChI is InChI=1S/C10H13FN2O4/c11-8-2-1-3-9(13(14)15)10(8)17-7-6-16-5-4-12/h1-3H,4-7,12H2. The lowest BCUT2D eigenvalue weighted by Crippen LogP contribution is -2.13. The van der Waals surface area contributed by atoms with Crippen molar-refractivity contribution in [3.63, 3.8) is 0 Å². The van der Waals surface area contributed by atoms with Crippen LogP contribution < -0.4 is 10.5 Å². The lowest BCUT2D eigenvalue weighted by Gasteiger charge is -2.07. The van der Waals surface area contributed by atoms with E-state index in [1.165, 1.54) is 12.1 Å². The largest absolute Gasteiger partial charge is 0.482 e. The molecule has 0 saturated carbocycles. The second kappa shape index (κ2) is 6.77. The summed E-state index contributed by atoms with van der Waals surface area (Å²) in [5.41, 5.74) is 4.80. The molecule has 0 aliphatic heterocycles. The number of ether oxygens (including phenoxy) is 2. The normalized spacial score (nSPS) is 10.2. The smallest absolute Gasteiger partial charge is 0.314 e. The van der Waals surface area contributed by atoms with Gasteiger partial charge in [0.25, 0.3) is 0 Å². The SMILES string of the molecule is NCCOCCOc1c(F)cccc1[N+](=O)[O-]. The van der Waals surface area contributed by atoms with Gasteiger partial charge in [0.05, 0.1) is 18.1 Å². The average Bonchev–Trinajstić information content (AvgIpc) is 2.30. The molecule has 7 heteroatoms. The Morgan fingerprint density at radius 2 is 2.12 bits per heavy atom. The fourth-order valence-corrected chi connectivity index (χ4v) is 1.17. The molecule has 0 saturated heterocycles. The number of para-hydroxylation sites is 1. The molecule has 1 aromatic rings. The van der Waals surface area contributed by atoms with Gasteiger partial charge in [0, 0.05) is 12.6 Å². The van der Waals surface area contributed by atoms with Crippen LogP contribution in [-0.4, -0.2) is 31.3 Å². The number of rotatable bonds is 7. The van der Waals surface area contributed by atoms with E-state index in [1.807, 2.05) is 0 Å². The van der Waals surface area contributed by atoms with Gasteiger partial charge in [-0.1, -0.05) is 6.07 Å². The summed E-state index contributed by atoms with van der Waals surface area (Å²) in [5, 5.41) is 10.6. The molecule has 0 unspecified atom stereocenters. The molecular weight excluding hydrogens is 231 g/mol. The molecule has 0 aliphatic carbocycles. The minimum Gasteiger partial charge on any atom is -0.482 e. The Bertz CT molecular complexity index is 387. The van der Waals surface area contributed by atoms with Crippen molar-refractivity contribution < 1.29 is 18.8 Å². The number of hydrogen-bond donors (Lipinski definition) is 1. The highest BCUT2D eigenvalue weighted by Gasteiger charge is 2.18. The van der Waals surface area contributed by atoms with Gasteiger partial charge in [-0.05, 0) is 6.07 Å². The van der Waals surface area contributed by atoms with Crippen molar-refractivity contribution >= 4 is 5.69 Å². The third kappa shape index (κ3) is 3.97. The van der Waals surface area contributed by atoms with E-state index >= 15 is 0 Å². The van der Waals surface area contributed by atoms with E-state index in [0.29, 0.717) is 13.2 Å². The van der Waals surface area contributed by atoms with E-state index in [9.17, 15) is 14.5 Å². The summed E-state index contributed by atoms with van der Waals surface area (Å²) < 4.78 is 23.3. The second-order valence-corrected chi connectivity index (χ2v) is 3.09. The summed E-state index contributed by atoms with van der Waals surface area (Å²) in [5.74, 6) is -1.13. The molecule has 6 nitrogen and oxygen atoms in total. The molecule has 0 spiro atoms. The molecule has 0 aromatic heterocycles. The van der Waals surface area contributed by atoms with Gasteiger partial charge >= 0.3 is 5.69 Å². The summed E-state index contributed by atoms with van der Waals surface area (Å²) in [6, 6.07) is 3.54. The highest BCUT2D eigenvalue weighted by molar-refractivity contribution is 5.46. The molecule has 17 heavy (non-hydrogen) atoms. The van der Waals surface area contributed by atoms with Crippen molar-refractivity contribution in [2.45, 2.75) is 0 Å². The van der Waals surface area contributed by atoms with Crippen molar-refractivity contribution in [1.82, 2.24) is 0 Å². The molecular formula is C10H13FN2O4. The summed E-state index contributed by atoms with van der Waals surface area (Å²) >= 11 is 0. The van der Waals surface area contributed by atoms with Gasteiger partial charge in [0.1, 0.15) is 6.61 Å². The number of nitro benzene ring substituents is 1. The summed E-state index contributed by atoms with van der Waals surface area (Å²) in [7, 11) is 0. The first kappa shape index (κ1) is 13.3. The van der Waals surface area contributed by atoms with E-state index < -0.39 is 16.4 Å². The van der Waals surface area contributed by atoms with Gasteiger partial charge < -0.3 is 15.2 Å². The minimum atomic E-state index is -0.766. The molecule has 2 N–H and O–H groups in total. The van der Waals surface area contributed by atoms with Crippen LogP contribution in [0.25, 0.3) is 0 Å². The van der Waals surface area contributed by atoms with E-state index in [-0.39, 0.29) is 19.0 Å². The Morgan fingerprint density at radius 1 is 1.35 bits per heavy atom. The third-order valence-corrected chi connectivity index (χ3v) is 1.88. The predicted molar refractivity (Wildman–Crippen MR) is 58.4 cm³/mol. The number of benzene rings is 1. The van der Waals surface area contributed by atoms with Crippen molar-refractivity contribution in [1.29, 1.82) is 0 Å². The number of nitrogens with two attached hydrogens (primary N) is 1. The van der Waals surface area contributed by atoms with Crippen molar-refractivity contribution in [2.75, 3.05) is 26.4 Å². The Labute approximate surface area is 97.3 Å². The number of nitrogens with zero attached hydrogens (tertiary/aromatic N) is 1. The first-order valence-electron chi connectivity index (χ1n) is 5.00. The zero-order valence-corrected chi connectivity index (χ0v) is 9.10. The zero-order chi connectivity index (χ0) is 12.7. The zero-order valence-electron chi connectivity index (χ0n) is 9.10. The molecule has 0 fully saturated rings. The maximum Gasteiger partial charge on any atom is 0.314 e. The maximum atomic E-state index is 13.3. The predicted octanol–water partition coefficient (Wildman–Crippen LogP) is 1.09. The fourth-order valence-electron chi connectivity index (χ4n) is 1.17. The molecule has 1 aromatic carbocycles. The van der Waals surface area contributed by atoms with Crippen LogP contribution in [0.1, 0.15) is 0 Å². The average molecular weight is 244 g/mol. The molecule has 0 heterocycles. The van der Waals surface area contributed by atoms with E-state index in [2.05, 4.69) is 0 Å². The summed E-state index contributed by atoms with van der Waals surface area (Å²) in [6.07, 6.45) is 0. The molecule has 1 rings (SSSR count). The van der Waals surface area contributed by atoms with Crippen molar-refractivity contribution in [3.8, 4) is 5.75 Å². The molecule has 0 bridgehead atoms. The van der Waals surface area contributed by atoms with Gasteiger partial charge in [-0.15, -0.1) is 0 Å². The Balaban J connectivity index is 2.60. The number of halogens is 1. The number of hydrogen-bond acceptors (Lipinski definition) is 5. The Kier molecular flexibility index (Phi) is 5.31. The molecule has 0 amide bonds. The van der Waals surface area contributed by atoms with Gasteiger partial charge in [0.15, 0.2) is 5.82 Å². The van der Waals surface area contributed by atoms with Crippen LogP contribution in [0.3, 0.4) is 0 Å². The summed E-state index contributed by atoms with van der Waals surface area (Å²) in [4.78, 5) is 9.92. The highest BCUT2D eigenvalue weighted by atomic mass is 19.1. The summed E-state index contributed by atoms with van der Waals surface area (Å²) in [6.45, 7) is 0.965. The Morgan fingerprint density at radius 3 is 2.76 bits per heavy atom. The first-order chi connectivity index (χ1) is 8.16. The van der Waals surface area contributed by atoms with Gasteiger partial charge in [-0.3, -0.25) is 10.1 Å². The number of nitro groups is 1. The quantitative estimate of drug-likeness (QED) is 0.440. The molecule has 0 radical (unpaired) electrons. The monoisotopic (exact) mass is 244 g/mol. The lowest BCUT2D eigenvalue weighted by atomic mass is 10.3. The van der Waals surface area contributed by atoms with Gasteiger partial charge in [-0.25, -0.2) is 4.39 Å².